The molecule has 0 unspecified atom stereocenters. The number of carbonyl (C=O) groups is 1. The van der Waals surface area contributed by atoms with E-state index in [4.69, 9.17) is 5.11 Å². The van der Waals surface area contributed by atoms with Crippen molar-refractivity contribution in [2.75, 3.05) is 0 Å². The number of amides is 1. The van der Waals surface area contributed by atoms with Crippen molar-refractivity contribution in [3.05, 3.63) is 25.3 Å². The maximum atomic E-state index is 10.8. The first kappa shape index (κ1) is 17.7. The van der Waals surface area contributed by atoms with Crippen LogP contribution in [-0.2, 0) is 0 Å². The van der Waals surface area contributed by atoms with Crippen molar-refractivity contribution < 1.29 is 15.0 Å². The van der Waals surface area contributed by atoms with E-state index in [2.05, 4.69) is 18.5 Å². The van der Waals surface area contributed by atoms with Gasteiger partial charge in [0.25, 0.3) is 0 Å². The molecule has 4 nitrogen and oxygen atoms in total. The predicted octanol–water partition coefficient (Wildman–Crippen LogP) is 3.33. The molecule has 110 valence electrons. The molecule has 0 fully saturated rings. The zero-order chi connectivity index (χ0) is 15.1. The summed E-state index contributed by atoms with van der Waals surface area (Å²) in [7, 11) is 0. The van der Waals surface area contributed by atoms with E-state index in [0.29, 0.717) is 19.3 Å². The van der Waals surface area contributed by atoms with E-state index in [1.54, 1.807) is 12.2 Å². The molecule has 0 spiro atoms. The quantitative estimate of drug-likeness (QED) is 0.562. The zero-order valence-corrected chi connectivity index (χ0v) is 12.3. The fourth-order valence-electron chi connectivity index (χ4n) is 2.59. The van der Waals surface area contributed by atoms with Crippen LogP contribution in [0.3, 0.4) is 0 Å². The van der Waals surface area contributed by atoms with Gasteiger partial charge in [0.1, 0.15) is 0 Å². The minimum Gasteiger partial charge on any atom is -0.465 e. The average molecular weight is 269 g/mol. The topological polar surface area (TPSA) is 69.6 Å². The van der Waals surface area contributed by atoms with Gasteiger partial charge in [0.15, 0.2) is 0 Å². The van der Waals surface area contributed by atoms with Gasteiger partial charge in [0.05, 0.1) is 5.60 Å². The van der Waals surface area contributed by atoms with Crippen LogP contribution in [0.4, 0.5) is 4.79 Å². The summed E-state index contributed by atoms with van der Waals surface area (Å²) in [6.45, 7) is 13.0. The van der Waals surface area contributed by atoms with Gasteiger partial charge in [-0.05, 0) is 39.0 Å². The Balaban J connectivity index is 5.00. The molecule has 1 atom stereocenters. The van der Waals surface area contributed by atoms with E-state index in [-0.39, 0.29) is 5.92 Å². The minimum atomic E-state index is -1.05. The van der Waals surface area contributed by atoms with E-state index in [1.165, 1.54) is 0 Å². The van der Waals surface area contributed by atoms with Gasteiger partial charge >= 0.3 is 6.09 Å². The summed E-state index contributed by atoms with van der Waals surface area (Å²) in [5.74, 6) is -0.0228. The van der Waals surface area contributed by atoms with Gasteiger partial charge in [0, 0.05) is 5.54 Å². The largest absolute Gasteiger partial charge is 0.465 e. The normalized spacial score (nSPS) is 13.7. The van der Waals surface area contributed by atoms with Crippen molar-refractivity contribution >= 4 is 6.09 Å². The summed E-state index contributed by atoms with van der Waals surface area (Å²) in [6.07, 6.45) is 4.63. The number of hydrogen-bond acceptors (Lipinski definition) is 2. The Morgan fingerprint density at radius 3 is 2.11 bits per heavy atom. The first-order chi connectivity index (χ1) is 8.70. The second-order valence-corrected chi connectivity index (χ2v) is 5.71. The molecule has 0 aromatic rings. The van der Waals surface area contributed by atoms with E-state index in [0.717, 1.165) is 6.42 Å². The molecular weight excluding hydrogens is 242 g/mol. The molecule has 0 bridgehead atoms. The Kier molecular flexibility index (Phi) is 6.84. The third-order valence-electron chi connectivity index (χ3n) is 3.45. The second-order valence-electron chi connectivity index (χ2n) is 5.71. The van der Waals surface area contributed by atoms with Crippen molar-refractivity contribution in [3.63, 3.8) is 0 Å². The number of rotatable bonds is 9. The molecule has 0 aliphatic heterocycles. The highest BCUT2D eigenvalue weighted by atomic mass is 16.4. The number of hydrogen-bond donors (Lipinski definition) is 3. The maximum Gasteiger partial charge on any atom is 0.405 e. The third-order valence-corrected chi connectivity index (χ3v) is 3.45. The molecule has 0 aromatic heterocycles. The van der Waals surface area contributed by atoms with Gasteiger partial charge in [-0.1, -0.05) is 25.5 Å². The van der Waals surface area contributed by atoms with Gasteiger partial charge in [-0.2, -0.15) is 0 Å². The zero-order valence-electron chi connectivity index (χ0n) is 12.3. The minimum absolute atomic E-state index is 0.0228. The number of aliphatic hydroxyl groups is 1. The Labute approximate surface area is 116 Å². The first-order valence-corrected chi connectivity index (χ1v) is 6.66. The summed E-state index contributed by atoms with van der Waals surface area (Å²) < 4.78 is 0. The molecule has 3 N–H and O–H groups in total. The SMILES string of the molecule is C=CCC(O)(CC=C)[C@@H](CC)CC(C)(C)NC(=O)O. The van der Waals surface area contributed by atoms with Crippen molar-refractivity contribution in [3.8, 4) is 0 Å². The highest BCUT2D eigenvalue weighted by molar-refractivity contribution is 5.65. The Morgan fingerprint density at radius 2 is 1.79 bits per heavy atom. The predicted molar refractivity (Wildman–Crippen MR) is 78.2 cm³/mol. The monoisotopic (exact) mass is 269 g/mol. The van der Waals surface area contributed by atoms with Crippen LogP contribution in [0, 0.1) is 5.92 Å². The highest BCUT2D eigenvalue weighted by Gasteiger charge is 2.37. The van der Waals surface area contributed by atoms with E-state index in [9.17, 15) is 9.90 Å². The summed E-state index contributed by atoms with van der Waals surface area (Å²) in [6, 6.07) is 0. The molecule has 0 heterocycles. The molecule has 0 saturated heterocycles. The van der Waals surface area contributed by atoms with Crippen LogP contribution in [0.2, 0.25) is 0 Å². The van der Waals surface area contributed by atoms with Crippen molar-refractivity contribution in [1.82, 2.24) is 5.32 Å². The Hall–Kier alpha value is -1.29. The third kappa shape index (κ3) is 5.92. The van der Waals surface area contributed by atoms with E-state index < -0.39 is 17.2 Å². The lowest BCUT2D eigenvalue weighted by molar-refractivity contribution is -0.0271. The summed E-state index contributed by atoms with van der Waals surface area (Å²) >= 11 is 0. The van der Waals surface area contributed by atoms with Crippen LogP contribution >= 0.6 is 0 Å². The lowest BCUT2D eigenvalue weighted by atomic mass is 9.74. The van der Waals surface area contributed by atoms with Crippen LogP contribution in [0.25, 0.3) is 0 Å². The van der Waals surface area contributed by atoms with Crippen LogP contribution in [-0.4, -0.2) is 27.4 Å². The van der Waals surface area contributed by atoms with Gasteiger partial charge in [-0.3, -0.25) is 0 Å². The van der Waals surface area contributed by atoms with E-state index >= 15 is 0 Å². The molecule has 0 aliphatic rings. The van der Waals surface area contributed by atoms with Crippen molar-refractivity contribution in [2.24, 2.45) is 5.92 Å². The van der Waals surface area contributed by atoms with Crippen LogP contribution in [0.5, 0.6) is 0 Å². The Morgan fingerprint density at radius 1 is 1.32 bits per heavy atom. The van der Waals surface area contributed by atoms with Crippen molar-refractivity contribution in [1.29, 1.82) is 0 Å². The number of carboxylic acid groups (broad SMARTS) is 1. The van der Waals surface area contributed by atoms with Crippen LogP contribution < -0.4 is 5.32 Å². The van der Waals surface area contributed by atoms with E-state index in [1.807, 2.05) is 20.8 Å². The summed E-state index contributed by atoms with van der Waals surface area (Å²) in [4.78, 5) is 10.8. The molecule has 0 radical (unpaired) electrons. The molecule has 0 aliphatic carbocycles. The molecule has 0 saturated carbocycles. The molecule has 4 heteroatoms. The lowest BCUT2D eigenvalue weighted by Gasteiger charge is -2.39. The summed E-state index contributed by atoms with van der Waals surface area (Å²) in [5, 5.41) is 22.1. The van der Waals surface area contributed by atoms with Gasteiger partial charge in [0.2, 0.25) is 0 Å². The van der Waals surface area contributed by atoms with Crippen LogP contribution in [0.1, 0.15) is 46.5 Å². The maximum absolute atomic E-state index is 10.8. The first-order valence-electron chi connectivity index (χ1n) is 6.66. The fourth-order valence-corrected chi connectivity index (χ4v) is 2.59. The molecule has 0 aromatic carbocycles. The Bertz CT molecular complexity index is 313. The molecular formula is C15H27NO3. The highest BCUT2D eigenvalue weighted by Crippen LogP contribution is 2.34. The average Bonchev–Trinajstić information content (AvgIpc) is 2.24. The van der Waals surface area contributed by atoms with Gasteiger partial charge in [-0.15, -0.1) is 13.2 Å². The lowest BCUT2D eigenvalue weighted by Crippen LogP contribution is -2.48. The smallest absolute Gasteiger partial charge is 0.405 e. The fraction of sp³-hybridized carbons (Fsp3) is 0.667. The standard InChI is InChI=1S/C15H27NO3/c1-6-9-15(19,10-7-2)12(8-3)11-14(4,5)16-13(17)18/h6-7,12,16,19H,1-2,8-11H2,3-5H3,(H,17,18)/t12-/m0/s1. The molecule has 19 heavy (non-hydrogen) atoms. The molecule has 1 amide bonds. The van der Waals surface area contributed by atoms with Crippen LogP contribution in [0.15, 0.2) is 25.3 Å². The molecule has 0 rings (SSSR count). The number of nitrogens with one attached hydrogen (secondary N) is 1. The van der Waals surface area contributed by atoms with Gasteiger partial charge < -0.3 is 15.5 Å². The second kappa shape index (κ2) is 7.34. The van der Waals surface area contributed by atoms with Crippen molar-refractivity contribution in [2.45, 2.75) is 57.6 Å². The van der Waals surface area contributed by atoms with Gasteiger partial charge in [-0.25, -0.2) is 4.79 Å². The summed E-state index contributed by atoms with van der Waals surface area (Å²) in [5.41, 5.74) is -1.49.